The zero-order valence-corrected chi connectivity index (χ0v) is 14.6. The Balaban J connectivity index is 1.73. The number of aryl methyl sites for hydroxylation is 1. The lowest BCUT2D eigenvalue weighted by Crippen LogP contribution is -2.52. The molecule has 0 saturated heterocycles. The molecule has 0 spiro atoms. The van der Waals surface area contributed by atoms with E-state index in [0.29, 0.717) is 17.8 Å². The average molecular weight is 322 g/mol. The molecule has 1 fully saturated rings. The summed E-state index contributed by atoms with van der Waals surface area (Å²) in [6.07, 6.45) is 15.2. The molecule has 0 amide bonds. The third-order valence-electron chi connectivity index (χ3n) is 7.17. The standard InChI is InChI=1S/C22H26O2/c1-4-21-12-10-18-17-9-7-16(24-3)14-15(17)6-8-19(18)20(21)11-13-22(21,23)5-2/h2,7,9,11,13-14,18-20,23H,4,6,8,10,12H2,1,3H3/t18-,19-,20+,21+,22+/m1/s1. The fraction of sp³-hybridized carbons (Fsp3) is 0.545. The van der Waals surface area contributed by atoms with Crippen molar-refractivity contribution in [3.63, 3.8) is 0 Å². The van der Waals surface area contributed by atoms with Gasteiger partial charge in [-0.1, -0.05) is 25.0 Å². The molecule has 3 aliphatic rings. The molecule has 0 heterocycles. The van der Waals surface area contributed by atoms with Gasteiger partial charge in [-0.2, -0.15) is 0 Å². The molecule has 3 aliphatic carbocycles. The molecular formula is C22H26O2. The molecule has 1 aromatic carbocycles. The van der Waals surface area contributed by atoms with E-state index in [0.717, 1.165) is 31.4 Å². The number of methoxy groups -OCH3 is 1. The van der Waals surface area contributed by atoms with Crippen LogP contribution in [0.3, 0.4) is 0 Å². The summed E-state index contributed by atoms with van der Waals surface area (Å²) in [6, 6.07) is 6.55. The second kappa shape index (κ2) is 5.39. The van der Waals surface area contributed by atoms with E-state index in [1.165, 1.54) is 17.5 Å². The van der Waals surface area contributed by atoms with Crippen LogP contribution < -0.4 is 4.74 Å². The van der Waals surface area contributed by atoms with Gasteiger partial charge in [-0.15, -0.1) is 6.42 Å². The number of fused-ring (bicyclic) bond motifs is 5. The normalized spacial score (nSPS) is 39.5. The van der Waals surface area contributed by atoms with Crippen LogP contribution >= 0.6 is 0 Å². The van der Waals surface area contributed by atoms with Crippen LogP contribution in [0.4, 0.5) is 0 Å². The van der Waals surface area contributed by atoms with Gasteiger partial charge in [-0.3, -0.25) is 0 Å². The van der Waals surface area contributed by atoms with E-state index in [4.69, 9.17) is 11.2 Å². The maximum atomic E-state index is 11.1. The minimum Gasteiger partial charge on any atom is -0.497 e. The average Bonchev–Trinajstić information content (AvgIpc) is 2.94. The summed E-state index contributed by atoms with van der Waals surface area (Å²) in [5.41, 5.74) is 1.68. The highest BCUT2D eigenvalue weighted by Gasteiger charge is 2.60. The maximum Gasteiger partial charge on any atom is 0.149 e. The van der Waals surface area contributed by atoms with E-state index < -0.39 is 5.60 Å². The Kier molecular flexibility index (Phi) is 3.55. The van der Waals surface area contributed by atoms with Gasteiger partial charge in [-0.25, -0.2) is 0 Å². The van der Waals surface area contributed by atoms with Crippen molar-refractivity contribution >= 4 is 0 Å². The summed E-state index contributed by atoms with van der Waals surface area (Å²) in [5, 5.41) is 11.1. The van der Waals surface area contributed by atoms with Crippen molar-refractivity contribution in [2.75, 3.05) is 7.11 Å². The van der Waals surface area contributed by atoms with Gasteiger partial charge >= 0.3 is 0 Å². The monoisotopic (exact) mass is 322 g/mol. The summed E-state index contributed by atoms with van der Waals surface area (Å²) in [7, 11) is 1.73. The van der Waals surface area contributed by atoms with E-state index in [-0.39, 0.29) is 5.41 Å². The van der Waals surface area contributed by atoms with Crippen LogP contribution in [-0.4, -0.2) is 17.8 Å². The van der Waals surface area contributed by atoms with Crippen molar-refractivity contribution in [3.05, 3.63) is 41.5 Å². The number of aliphatic hydroxyl groups is 1. The molecular weight excluding hydrogens is 296 g/mol. The lowest BCUT2D eigenvalue weighted by atomic mass is 9.51. The van der Waals surface area contributed by atoms with Crippen molar-refractivity contribution in [2.24, 2.45) is 17.3 Å². The van der Waals surface area contributed by atoms with Crippen LogP contribution in [0.2, 0.25) is 0 Å². The third-order valence-corrected chi connectivity index (χ3v) is 7.17. The van der Waals surface area contributed by atoms with Crippen LogP contribution in [-0.2, 0) is 6.42 Å². The lowest BCUT2D eigenvalue weighted by molar-refractivity contribution is -0.0659. The molecule has 1 saturated carbocycles. The van der Waals surface area contributed by atoms with Crippen molar-refractivity contribution in [1.82, 2.24) is 0 Å². The van der Waals surface area contributed by atoms with Gasteiger partial charge in [0, 0.05) is 5.41 Å². The Bertz CT molecular complexity index is 728. The van der Waals surface area contributed by atoms with Crippen molar-refractivity contribution in [1.29, 1.82) is 0 Å². The van der Waals surface area contributed by atoms with Crippen LogP contribution in [0.5, 0.6) is 5.75 Å². The quantitative estimate of drug-likeness (QED) is 0.657. The Morgan fingerprint density at radius 1 is 1.38 bits per heavy atom. The highest BCUT2D eigenvalue weighted by Crippen LogP contribution is 2.63. The number of hydrogen-bond donors (Lipinski definition) is 1. The van der Waals surface area contributed by atoms with E-state index in [2.05, 4.69) is 37.1 Å². The van der Waals surface area contributed by atoms with Crippen molar-refractivity contribution in [2.45, 2.75) is 50.5 Å². The number of ether oxygens (including phenoxy) is 1. The summed E-state index contributed by atoms with van der Waals surface area (Å²) in [4.78, 5) is 0. The number of hydrogen-bond acceptors (Lipinski definition) is 2. The summed E-state index contributed by atoms with van der Waals surface area (Å²) < 4.78 is 5.39. The molecule has 24 heavy (non-hydrogen) atoms. The highest BCUT2D eigenvalue weighted by atomic mass is 16.5. The first-order valence-electron chi connectivity index (χ1n) is 9.15. The molecule has 0 unspecified atom stereocenters. The molecule has 1 aromatic rings. The molecule has 0 aromatic heterocycles. The Labute approximate surface area is 144 Å². The second-order valence-electron chi connectivity index (χ2n) is 7.72. The first-order chi connectivity index (χ1) is 11.6. The molecule has 1 N–H and O–H groups in total. The van der Waals surface area contributed by atoms with Gasteiger partial charge in [0.05, 0.1) is 7.11 Å². The summed E-state index contributed by atoms with van der Waals surface area (Å²) in [6.45, 7) is 2.18. The number of rotatable bonds is 2. The molecule has 5 atom stereocenters. The van der Waals surface area contributed by atoms with E-state index in [9.17, 15) is 5.11 Å². The molecule has 0 radical (unpaired) electrons. The zero-order valence-electron chi connectivity index (χ0n) is 14.6. The van der Waals surface area contributed by atoms with Gasteiger partial charge < -0.3 is 9.84 Å². The summed E-state index contributed by atoms with van der Waals surface area (Å²) >= 11 is 0. The Hall–Kier alpha value is -1.72. The number of benzene rings is 1. The highest BCUT2D eigenvalue weighted by molar-refractivity contribution is 5.43. The van der Waals surface area contributed by atoms with Crippen LogP contribution in [0.1, 0.15) is 49.7 Å². The SMILES string of the molecule is C#C[C@]1(O)C=C[C@H]2[C@@H]3CCc4cc(OC)ccc4[C@H]3CC[C@@]21CC. The lowest BCUT2D eigenvalue weighted by Gasteiger charge is -2.53. The van der Waals surface area contributed by atoms with Gasteiger partial charge in [0.15, 0.2) is 0 Å². The minimum atomic E-state index is -1.07. The molecule has 4 rings (SSSR count). The van der Waals surface area contributed by atoms with Gasteiger partial charge in [0.2, 0.25) is 0 Å². The van der Waals surface area contributed by atoms with Crippen molar-refractivity contribution < 1.29 is 9.84 Å². The Morgan fingerprint density at radius 3 is 2.92 bits per heavy atom. The topological polar surface area (TPSA) is 29.5 Å². The minimum absolute atomic E-state index is 0.174. The van der Waals surface area contributed by atoms with Gasteiger partial charge in [-0.05, 0) is 79.2 Å². The molecule has 126 valence electrons. The Morgan fingerprint density at radius 2 is 2.21 bits per heavy atom. The molecule has 0 aliphatic heterocycles. The van der Waals surface area contributed by atoms with Gasteiger partial charge in [0.1, 0.15) is 11.4 Å². The zero-order chi connectivity index (χ0) is 16.9. The molecule has 2 heteroatoms. The first-order valence-corrected chi connectivity index (χ1v) is 9.15. The second-order valence-corrected chi connectivity index (χ2v) is 7.72. The largest absolute Gasteiger partial charge is 0.497 e. The van der Waals surface area contributed by atoms with Crippen LogP contribution in [0, 0.1) is 29.6 Å². The fourth-order valence-corrected chi connectivity index (χ4v) is 5.88. The fourth-order valence-electron chi connectivity index (χ4n) is 5.88. The number of terminal acetylenes is 1. The predicted molar refractivity (Wildman–Crippen MR) is 95.9 cm³/mol. The predicted octanol–water partition coefficient (Wildman–Crippen LogP) is 4.08. The molecule has 0 bridgehead atoms. The van der Waals surface area contributed by atoms with Gasteiger partial charge in [0.25, 0.3) is 0 Å². The van der Waals surface area contributed by atoms with E-state index in [1.807, 2.05) is 6.08 Å². The van der Waals surface area contributed by atoms with E-state index >= 15 is 0 Å². The van der Waals surface area contributed by atoms with Crippen molar-refractivity contribution in [3.8, 4) is 18.1 Å². The third kappa shape index (κ3) is 1.88. The molecule has 2 nitrogen and oxygen atoms in total. The first kappa shape index (κ1) is 15.8. The van der Waals surface area contributed by atoms with Crippen LogP contribution in [0.15, 0.2) is 30.4 Å². The smallest absolute Gasteiger partial charge is 0.149 e. The maximum absolute atomic E-state index is 11.1. The van der Waals surface area contributed by atoms with E-state index in [1.54, 1.807) is 7.11 Å². The van der Waals surface area contributed by atoms with Crippen LogP contribution in [0.25, 0.3) is 0 Å². The number of allylic oxidation sites excluding steroid dienone is 1. The summed E-state index contributed by atoms with van der Waals surface area (Å²) in [5.74, 6) is 5.21.